The van der Waals surface area contributed by atoms with Gasteiger partial charge in [-0.2, -0.15) is 0 Å². The van der Waals surface area contributed by atoms with Gasteiger partial charge >= 0.3 is 12.1 Å². The van der Waals surface area contributed by atoms with Crippen molar-refractivity contribution in [3.05, 3.63) is 52.9 Å². The number of esters is 1. The zero-order valence-corrected chi connectivity index (χ0v) is 20.5. The summed E-state index contributed by atoms with van der Waals surface area (Å²) in [6.07, 6.45) is 1.85. The van der Waals surface area contributed by atoms with Gasteiger partial charge in [0.15, 0.2) is 0 Å². The van der Waals surface area contributed by atoms with Crippen molar-refractivity contribution < 1.29 is 23.8 Å². The van der Waals surface area contributed by atoms with E-state index >= 15 is 0 Å². The molecule has 1 amide bonds. The molecular weight excluding hydrogens is 450 g/mol. The van der Waals surface area contributed by atoms with Gasteiger partial charge in [0.25, 0.3) is 5.56 Å². The predicted molar refractivity (Wildman–Crippen MR) is 134 cm³/mol. The minimum Gasteiger partial charge on any atom is -0.493 e. The number of aryl methyl sites for hydroxylation is 1. The van der Waals surface area contributed by atoms with Gasteiger partial charge in [-0.15, -0.1) is 0 Å². The molecule has 2 heterocycles. The van der Waals surface area contributed by atoms with Crippen LogP contribution in [0, 0.1) is 0 Å². The standard InChI is InChI=1S/C26H31N3O6/c1-5-13-29-24-21(11-7-12-27-24)22(23(25(29)31)28-26(32)35-17(2)3)19-9-6-10-20(16-19)34-15-8-14-33-18(4)30/h6-7,9-12,16-17H,5,8,13-15H2,1-4H3,(H,28,32). The topological polar surface area (TPSA) is 109 Å². The molecule has 1 N–H and O–H groups in total. The van der Waals surface area contributed by atoms with Crippen LogP contribution in [0.4, 0.5) is 10.5 Å². The van der Waals surface area contributed by atoms with Gasteiger partial charge in [0.1, 0.15) is 17.1 Å². The van der Waals surface area contributed by atoms with Crippen molar-refractivity contribution in [3.63, 3.8) is 0 Å². The van der Waals surface area contributed by atoms with E-state index in [2.05, 4.69) is 10.3 Å². The lowest BCUT2D eigenvalue weighted by Crippen LogP contribution is -2.29. The number of fused-ring (bicyclic) bond motifs is 1. The van der Waals surface area contributed by atoms with Crippen LogP contribution in [-0.2, 0) is 20.8 Å². The summed E-state index contributed by atoms with van der Waals surface area (Å²) >= 11 is 0. The first kappa shape index (κ1) is 25.7. The molecule has 1 aromatic carbocycles. The van der Waals surface area contributed by atoms with Gasteiger partial charge in [0, 0.05) is 37.0 Å². The highest BCUT2D eigenvalue weighted by molar-refractivity contribution is 6.03. The summed E-state index contributed by atoms with van der Waals surface area (Å²) in [7, 11) is 0. The zero-order chi connectivity index (χ0) is 25.4. The molecule has 0 unspecified atom stereocenters. The molecule has 0 spiro atoms. The van der Waals surface area contributed by atoms with Crippen molar-refractivity contribution in [1.82, 2.24) is 9.55 Å². The van der Waals surface area contributed by atoms with Gasteiger partial charge in [-0.3, -0.25) is 19.5 Å². The number of nitrogens with one attached hydrogen (secondary N) is 1. The van der Waals surface area contributed by atoms with Crippen molar-refractivity contribution in [2.75, 3.05) is 18.5 Å². The Morgan fingerprint density at radius 2 is 1.94 bits per heavy atom. The second kappa shape index (κ2) is 12.0. The molecule has 0 saturated carbocycles. The van der Waals surface area contributed by atoms with Crippen LogP contribution in [0.1, 0.15) is 40.5 Å². The van der Waals surface area contributed by atoms with Gasteiger partial charge in [0.2, 0.25) is 0 Å². The second-order valence-corrected chi connectivity index (χ2v) is 8.23. The molecule has 3 aromatic rings. The summed E-state index contributed by atoms with van der Waals surface area (Å²) in [5.41, 5.74) is 1.51. The Balaban J connectivity index is 2.07. The number of carbonyl (C=O) groups is 2. The van der Waals surface area contributed by atoms with Gasteiger partial charge in [-0.05, 0) is 50.1 Å². The molecule has 9 heteroatoms. The van der Waals surface area contributed by atoms with E-state index in [9.17, 15) is 14.4 Å². The summed E-state index contributed by atoms with van der Waals surface area (Å²) in [6, 6.07) is 10.9. The third-order valence-electron chi connectivity index (χ3n) is 5.02. The zero-order valence-electron chi connectivity index (χ0n) is 20.5. The van der Waals surface area contributed by atoms with Crippen molar-refractivity contribution in [1.29, 1.82) is 0 Å². The highest BCUT2D eigenvalue weighted by Crippen LogP contribution is 2.34. The maximum atomic E-state index is 13.6. The number of nitrogens with zero attached hydrogens (tertiary/aromatic N) is 2. The van der Waals surface area contributed by atoms with Gasteiger partial charge < -0.3 is 14.2 Å². The van der Waals surface area contributed by atoms with Crippen molar-refractivity contribution >= 4 is 28.8 Å². The fraction of sp³-hybridized carbons (Fsp3) is 0.385. The number of carbonyl (C=O) groups excluding carboxylic acids is 2. The molecule has 0 fully saturated rings. The summed E-state index contributed by atoms with van der Waals surface area (Å²) < 4.78 is 17.6. The quantitative estimate of drug-likeness (QED) is 0.328. The average Bonchev–Trinajstić information content (AvgIpc) is 2.81. The number of benzene rings is 1. The fourth-order valence-corrected chi connectivity index (χ4v) is 3.68. The number of aromatic nitrogens is 2. The lowest BCUT2D eigenvalue weighted by Gasteiger charge is -2.18. The molecule has 186 valence electrons. The average molecular weight is 482 g/mol. The Labute approximate surface area is 204 Å². The van der Waals surface area contributed by atoms with Crippen LogP contribution in [0.5, 0.6) is 5.75 Å². The molecule has 0 atom stereocenters. The lowest BCUT2D eigenvalue weighted by atomic mass is 10.00. The van der Waals surface area contributed by atoms with Crippen LogP contribution in [0.2, 0.25) is 0 Å². The first-order valence-corrected chi connectivity index (χ1v) is 11.7. The molecule has 0 saturated heterocycles. The molecule has 0 aliphatic heterocycles. The van der Waals surface area contributed by atoms with Gasteiger partial charge in [0.05, 0.1) is 19.3 Å². The van der Waals surface area contributed by atoms with Crippen LogP contribution >= 0.6 is 0 Å². The summed E-state index contributed by atoms with van der Waals surface area (Å²) in [5.74, 6) is 0.247. The van der Waals surface area contributed by atoms with Crippen LogP contribution in [0.25, 0.3) is 22.2 Å². The number of amides is 1. The predicted octanol–water partition coefficient (Wildman–Crippen LogP) is 4.76. The van der Waals surface area contributed by atoms with E-state index in [4.69, 9.17) is 14.2 Å². The Morgan fingerprint density at radius 1 is 1.14 bits per heavy atom. The first-order valence-electron chi connectivity index (χ1n) is 11.7. The molecule has 35 heavy (non-hydrogen) atoms. The number of pyridine rings is 2. The van der Waals surface area contributed by atoms with Crippen molar-refractivity contribution in [2.45, 2.75) is 53.2 Å². The highest BCUT2D eigenvalue weighted by atomic mass is 16.6. The molecule has 3 rings (SSSR count). The van der Waals surface area contributed by atoms with Gasteiger partial charge in [-0.1, -0.05) is 19.1 Å². The number of anilines is 1. The molecule has 0 aliphatic rings. The van der Waals surface area contributed by atoms with E-state index in [1.54, 1.807) is 42.8 Å². The summed E-state index contributed by atoms with van der Waals surface area (Å²) in [6.45, 7) is 7.88. The van der Waals surface area contributed by atoms with Crippen molar-refractivity contribution in [2.24, 2.45) is 0 Å². The van der Waals surface area contributed by atoms with E-state index < -0.39 is 6.09 Å². The van der Waals surface area contributed by atoms with Crippen LogP contribution in [0.15, 0.2) is 47.4 Å². The highest BCUT2D eigenvalue weighted by Gasteiger charge is 2.21. The lowest BCUT2D eigenvalue weighted by molar-refractivity contribution is -0.141. The smallest absolute Gasteiger partial charge is 0.412 e. The third kappa shape index (κ3) is 6.59. The maximum Gasteiger partial charge on any atom is 0.412 e. The Bertz CT molecular complexity index is 1250. The molecule has 0 bridgehead atoms. The summed E-state index contributed by atoms with van der Waals surface area (Å²) in [4.78, 5) is 41.5. The SMILES string of the molecule is CCCn1c(=O)c(NC(=O)OC(C)C)c(-c2cccc(OCCCOC(C)=O)c2)c2cccnc21. The second-order valence-electron chi connectivity index (χ2n) is 8.23. The minimum atomic E-state index is -0.706. The largest absolute Gasteiger partial charge is 0.493 e. The molecular formula is C26H31N3O6. The van der Waals surface area contributed by atoms with E-state index in [-0.39, 0.29) is 29.9 Å². The third-order valence-corrected chi connectivity index (χ3v) is 5.02. The Morgan fingerprint density at radius 3 is 2.66 bits per heavy atom. The first-order chi connectivity index (χ1) is 16.8. The van der Waals surface area contributed by atoms with E-state index in [1.807, 2.05) is 25.1 Å². The number of ether oxygens (including phenoxy) is 3. The van der Waals surface area contributed by atoms with Crippen molar-refractivity contribution in [3.8, 4) is 16.9 Å². The molecule has 9 nitrogen and oxygen atoms in total. The number of hydrogen-bond acceptors (Lipinski definition) is 7. The van der Waals surface area contributed by atoms with E-state index in [0.29, 0.717) is 47.5 Å². The Hall–Kier alpha value is -3.88. The van der Waals surface area contributed by atoms with Gasteiger partial charge in [-0.25, -0.2) is 9.78 Å². The monoisotopic (exact) mass is 481 g/mol. The van der Waals surface area contributed by atoms with Crippen LogP contribution < -0.4 is 15.6 Å². The van der Waals surface area contributed by atoms with E-state index in [0.717, 1.165) is 6.42 Å². The number of rotatable bonds is 10. The molecule has 2 aromatic heterocycles. The number of hydrogen-bond donors (Lipinski definition) is 1. The van der Waals surface area contributed by atoms with Crippen LogP contribution in [-0.4, -0.2) is 40.9 Å². The Kier molecular flexibility index (Phi) is 8.83. The normalized spacial score (nSPS) is 10.9. The van der Waals surface area contributed by atoms with Crippen LogP contribution in [0.3, 0.4) is 0 Å². The molecule has 0 radical (unpaired) electrons. The minimum absolute atomic E-state index is 0.122. The maximum absolute atomic E-state index is 13.6. The molecule has 0 aliphatic carbocycles. The fourth-order valence-electron chi connectivity index (χ4n) is 3.68. The summed E-state index contributed by atoms with van der Waals surface area (Å²) in [5, 5.41) is 3.39. The van der Waals surface area contributed by atoms with E-state index in [1.165, 1.54) is 6.92 Å².